The minimum atomic E-state index is 0.329. The predicted molar refractivity (Wildman–Crippen MR) is 88.7 cm³/mol. The van der Waals surface area contributed by atoms with Gasteiger partial charge in [-0.2, -0.15) is 10.5 Å². The first kappa shape index (κ1) is 17.2. The fraction of sp³-hybridized carbons (Fsp3) is 0.333. The number of hydrogen-bond acceptors (Lipinski definition) is 4. The summed E-state index contributed by atoms with van der Waals surface area (Å²) in [5.74, 6) is 0. The van der Waals surface area contributed by atoms with Crippen LogP contribution >= 0.6 is 0 Å². The molecule has 0 atom stereocenters. The Morgan fingerprint density at radius 3 is 1.50 bits per heavy atom. The lowest BCUT2D eigenvalue weighted by atomic mass is 10.0. The van der Waals surface area contributed by atoms with Crippen LogP contribution in [0.3, 0.4) is 0 Å². The molecule has 2 N–H and O–H groups in total. The lowest BCUT2D eigenvalue weighted by molar-refractivity contribution is 0.111. The third-order valence-corrected chi connectivity index (χ3v) is 4.28. The van der Waals surface area contributed by atoms with Gasteiger partial charge >= 0.3 is 0 Å². The van der Waals surface area contributed by atoms with Crippen molar-refractivity contribution >= 4 is 12.6 Å². The molecule has 2 aromatic rings. The van der Waals surface area contributed by atoms with Crippen LogP contribution in [-0.4, -0.2) is 22.5 Å². The highest BCUT2D eigenvalue weighted by Gasteiger charge is 2.20. The lowest BCUT2D eigenvalue weighted by Crippen LogP contribution is -1.91. The van der Waals surface area contributed by atoms with Crippen molar-refractivity contribution in [3.05, 3.63) is 33.6 Å². The van der Waals surface area contributed by atoms with Crippen LogP contribution in [0.25, 0.3) is 11.4 Å². The van der Waals surface area contributed by atoms with E-state index < -0.39 is 0 Å². The van der Waals surface area contributed by atoms with Crippen molar-refractivity contribution in [1.29, 1.82) is 10.5 Å². The number of aromatic nitrogens is 2. The number of carbonyl (C=O) groups excluding carboxylic acids is 2. The fourth-order valence-corrected chi connectivity index (χ4v) is 3.02. The molecule has 2 aromatic heterocycles. The molecule has 6 nitrogen and oxygen atoms in total. The molecule has 0 aromatic carbocycles. The zero-order chi connectivity index (χ0) is 17.7. The number of H-pyrrole nitrogens is 2. The van der Waals surface area contributed by atoms with Crippen molar-refractivity contribution in [2.75, 3.05) is 0 Å². The minimum Gasteiger partial charge on any atom is -0.351 e. The minimum absolute atomic E-state index is 0.329. The Hall–Kier alpha value is -3.12. The summed E-state index contributed by atoms with van der Waals surface area (Å²) in [5.41, 5.74) is 5.82. The molecular weight excluding hydrogens is 304 g/mol. The first-order chi connectivity index (χ1) is 11.6. The number of carbonyl (C=O) groups is 2. The van der Waals surface area contributed by atoms with Crippen molar-refractivity contribution in [3.63, 3.8) is 0 Å². The van der Waals surface area contributed by atoms with E-state index in [1.165, 1.54) is 0 Å². The van der Waals surface area contributed by atoms with Crippen molar-refractivity contribution in [1.82, 2.24) is 9.97 Å². The standard InChI is InChI=1S/C18H18N4O2/c1-11-13(5-3-7-19)15(9-23)21-17(11)18-12(2)14(6-4-8-20)16(10-24)22-18/h9-10,21-22H,3-6H2,1-2H3. The molecule has 6 heteroatoms. The van der Waals surface area contributed by atoms with Gasteiger partial charge in [0.25, 0.3) is 0 Å². The average molecular weight is 322 g/mol. The summed E-state index contributed by atoms with van der Waals surface area (Å²) >= 11 is 0. The highest BCUT2D eigenvalue weighted by Crippen LogP contribution is 2.32. The van der Waals surface area contributed by atoms with E-state index in [9.17, 15) is 9.59 Å². The van der Waals surface area contributed by atoms with Crippen molar-refractivity contribution in [3.8, 4) is 23.5 Å². The molecule has 0 radical (unpaired) electrons. The molecule has 0 fully saturated rings. The van der Waals surface area contributed by atoms with E-state index >= 15 is 0 Å². The Labute approximate surface area is 140 Å². The van der Waals surface area contributed by atoms with Crippen LogP contribution in [0.1, 0.15) is 56.1 Å². The van der Waals surface area contributed by atoms with Crippen molar-refractivity contribution in [2.24, 2.45) is 0 Å². The quantitative estimate of drug-likeness (QED) is 0.762. The summed E-state index contributed by atoms with van der Waals surface area (Å²) in [6, 6.07) is 4.17. The Morgan fingerprint density at radius 2 is 1.21 bits per heavy atom. The van der Waals surface area contributed by atoms with Gasteiger partial charge in [0.2, 0.25) is 0 Å². The third-order valence-electron chi connectivity index (χ3n) is 4.28. The zero-order valence-electron chi connectivity index (χ0n) is 13.7. The number of rotatable bonds is 7. The van der Waals surface area contributed by atoms with Crippen LogP contribution in [0.5, 0.6) is 0 Å². The largest absolute Gasteiger partial charge is 0.351 e. The predicted octanol–water partition coefficient (Wildman–Crippen LogP) is 3.16. The second-order valence-electron chi connectivity index (χ2n) is 5.59. The number of aromatic amines is 2. The van der Waals surface area contributed by atoms with E-state index in [1.54, 1.807) is 0 Å². The topological polar surface area (TPSA) is 113 Å². The maximum absolute atomic E-state index is 11.3. The van der Waals surface area contributed by atoms with Crippen LogP contribution in [0, 0.1) is 36.5 Å². The fourth-order valence-electron chi connectivity index (χ4n) is 3.02. The molecular formula is C18H18N4O2. The van der Waals surface area contributed by atoms with Gasteiger partial charge in [0.05, 0.1) is 34.9 Å². The van der Waals surface area contributed by atoms with E-state index in [2.05, 4.69) is 22.1 Å². The van der Waals surface area contributed by atoms with Gasteiger partial charge in [-0.05, 0) is 48.9 Å². The Bertz CT molecular complexity index is 787. The molecule has 0 bridgehead atoms. The van der Waals surface area contributed by atoms with Gasteiger partial charge in [-0.15, -0.1) is 0 Å². The normalized spacial score (nSPS) is 10.2. The number of hydrogen-bond donors (Lipinski definition) is 2. The number of nitrogens with zero attached hydrogens (tertiary/aromatic N) is 2. The van der Waals surface area contributed by atoms with E-state index in [4.69, 9.17) is 10.5 Å². The summed E-state index contributed by atoms with van der Waals surface area (Å²) in [6.07, 6.45) is 3.14. The summed E-state index contributed by atoms with van der Waals surface area (Å²) < 4.78 is 0. The van der Waals surface area contributed by atoms with E-state index in [0.29, 0.717) is 37.1 Å². The smallest absolute Gasteiger partial charge is 0.166 e. The molecule has 24 heavy (non-hydrogen) atoms. The molecule has 0 amide bonds. The Balaban J connectivity index is 2.57. The van der Waals surface area contributed by atoms with Crippen LogP contribution in [-0.2, 0) is 12.8 Å². The number of nitrogens with one attached hydrogen (secondary N) is 2. The molecule has 122 valence electrons. The Kier molecular flexibility index (Phi) is 5.34. The molecule has 0 spiro atoms. The first-order valence-corrected chi connectivity index (χ1v) is 7.66. The highest BCUT2D eigenvalue weighted by atomic mass is 16.1. The lowest BCUT2D eigenvalue weighted by Gasteiger charge is -2.02. The van der Waals surface area contributed by atoms with Crippen molar-refractivity contribution in [2.45, 2.75) is 39.5 Å². The monoisotopic (exact) mass is 322 g/mol. The van der Waals surface area contributed by atoms with Gasteiger partial charge in [0, 0.05) is 12.8 Å². The van der Waals surface area contributed by atoms with Crippen molar-refractivity contribution < 1.29 is 9.59 Å². The zero-order valence-corrected chi connectivity index (χ0v) is 13.7. The summed E-state index contributed by atoms with van der Waals surface area (Å²) in [6.45, 7) is 3.78. The highest BCUT2D eigenvalue weighted by molar-refractivity contribution is 5.84. The van der Waals surface area contributed by atoms with Gasteiger partial charge in [-0.1, -0.05) is 0 Å². The van der Waals surface area contributed by atoms with Gasteiger partial charge in [0.15, 0.2) is 12.6 Å². The summed E-state index contributed by atoms with van der Waals surface area (Å²) in [5, 5.41) is 17.6. The molecule has 0 aliphatic carbocycles. The van der Waals surface area contributed by atoms with Crippen LogP contribution in [0.4, 0.5) is 0 Å². The van der Waals surface area contributed by atoms with Gasteiger partial charge < -0.3 is 9.97 Å². The van der Waals surface area contributed by atoms with E-state index in [0.717, 1.165) is 46.2 Å². The summed E-state index contributed by atoms with van der Waals surface area (Å²) in [4.78, 5) is 28.8. The molecule has 0 saturated heterocycles. The summed E-state index contributed by atoms with van der Waals surface area (Å²) in [7, 11) is 0. The third kappa shape index (κ3) is 3.00. The maximum Gasteiger partial charge on any atom is 0.166 e. The molecule has 0 aliphatic heterocycles. The molecule has 0 saturated carbocycles. The molecule has 0 aliphatic rings. The average Bonchev–Trinajstić information content (AvgIpc) is 3.07. The number of aldehydes is 2. The van der Waals surface area contributed by atoms with Crippen LogP contribution in [0.2, 0.25) is 0 Å². The van der Waals surface area contributed by atoms with E-state index in [1.807, 2.05) is 13.8 Å². The second-order valence-corrected chi connectivity index (χ2v) is 5.59. The molecule has 0 unspecified atom stereocenters. The van der Waals surface area contributed by atoms with Gasteiger partial charge in [-0.3, -0.25) is 9.59 Å². The Morgan fingerprint density at radius 1 is 0.833 bits per heavy atom. The van der Waals surface area contributed by atoms with E-state index in [-0.39, 0.29) is 0 Å². The molecule has 2 rings (SSSR count). The van der Waals surface area contributed by atoms with Gasteiger partial charge in [0.1, 0.15) is 0 Å². The molecule has 2 heterocycles. The second kappa shape index (κ2) is 7.43. The van der Waals surface area contributed by atoms with Gasteiger partial charge in [-0.25, -0.2) is 0 Å². The van der Waals surface area contributed by atoms with Crippen LogP contribution in [0.15, 0.2) is 0 Å². The SMILES string of the molecule is Cc1c(-c2[nH]c(C=O)c(CCC#N)c2C)[nH]c(C=O)c1CCC#N. The maximum atomic E-state index is 11.3. The first-order valence-electron chi connectivity index (χ1n) is 7.66. The number of nitriles is 2. The van der Waals surface area contributed by atoms with Crippen LogP contribution < -0.4 is 0 Å².